The smallest absolute Gasteiger partial charge is 0.138 e. The Morgan fingerprint density at radius 2 is 2.28 bits per heavy atom. The molecule has 1 aliphatic heterocycles. The number of ether oxygens (including phenoxy) is 1. The van der Waals surface area contributed by atoms with Crippen LogP contribution in [-0.4, -0.2) is 17.6 Å². The number of rotatable bonds is 5. The molecule has 0 bridgehead atoms. The number of pyridine rings is 1. The monoisotopic (exact) mass is 248 g/mol. The van der Waals surface area contributed by atoms with E-state index >= 15 is 0 Å². The van der Waals surface area contributed by atoms with Crippen LogP contribution in [0.15, 0.2) is 18.5 Å². The largest absolute Gasteiger partial charge is 0.489 e. The van der Waals surface area contributed by atoms with Crippen LogP contribution >= 0.6 is 0 Å². The average Bonchev–Trinajstić information content (AvgIpc) is 2.79. The zero-order valence-electron chi connectivity index (χ0n) is 11.7. The van der Waals surface area contributed by atoms with E-state index < -0.39 is 0 Å². The molecule has 3 nitrogen and oxygen atoms in total. The maximum absolute atomic E-state index is 5.75. The van der Waals surface area contributed by atoms with Crippen molar-refractivity contribution >= 4 is 0 Å². The van der Waals surface area contributed by atoms with Crippen LogP contribution in [0.1, 0.15) is 52.0 Å². The quantitative estimate of drug-likeness (QED) is 0.868. The van der Waals surface area contributed by atoms with E-state index in [0.29, 0.717) is 0 Å². The van der Waals surface area contributed by atoms with Crippen LogP contribution in [0.3, 0.4) is 0 Å². The van der Waals surface area contributed by atoms with E-state index in [1.165, 1.54) is 31.2 Å². The molecular formula is C15H24N2O. The molecule has 0 aliphatic carbocycles. The third kappa shape index (κ3) is 2.83. The molecule has 0 amide bonds. The molecule has 0 spiro atoms. The topological polar surface area (TPSA) is 34.1 Å². The number of nitrogens with zero attached hydrogens (tertiary/aromatic N) is 1. The molecule has 2 rings (SSSR count). The fourth-order valence-electron chi connectivity index (χ4n) is 2.85. The summed E-state index contributed by atoms with van der Waals surface area (Å²) in [6.45, 7) is 7.43. The van der Waals surface area contributed by atoms with Crippen molar-refractivity contribution in [3.63, 3.8) is 0 Å². The van der Waals surface area contributed by atoms with Crippen molar-refractivity contribution in [2.24, 2.45) is 0 Å². The summed E-state index contributed by atoms with van der Waals surface area (Å²) in [7, 11) is 0. The van der Waals surface area contributed by atoms with Crippen LogP contribution < -0.4 is 10.1 Å². The number of hydrogen-bond donors (Lipinski definition) is 1. The van der Waals surface area contributed by atoms with Crippen LogP contribution in [0.2, 0.25) is 0 Å². The van der Waals surface area contributed by atoms with E-state index in [4.69, 9.17) is 4.74 Å². The highest BCUT2D eigenvalue weighted by atomic mass is 16.5. The van der Waals surface area contributed by atoms with E-state index in [1.807, 2.05) is 20.0 Å². The lowest BCUT2D eigenvalue weighted by Gasteiger charge is -2.30. The van der Waals surface area contributed by atoms with Gasteiger partial charge in [0.2, 0.25) is 0 Å². The van der Waals surface area contributed by atoms with Gasteiger partial charge in [0.25, 0.3) is 0 Å². The molecule has 1 unspecified atom stereocenters. The molecule has 2 heterocycles. The third-order valence-corrected chi connectivity index (χ3v) is 3.56. The second-order valence-corrected chi connectivity index (χ2v) is 5.44. The van der Waals surface area contributed by atoms with Crippen molar-refractivity contribution < 1.29 is 4.74 Å². The Hall–Kier alpha value is -1.09. The van der Waals surface area contributed by atoms with E-state index in [2.05, 4.69) is 23.3 Å². The van der Waals surface area contributed by atoms with Gasteiger partial charge in [0.1, 0.15) is 5.75 Å². The molecule has 0 radical (unpaired) electrons. The Balaban J connectivity index is 2.25. The third-order valence-electron chi connectivity index (χ3n) is 3.56. The Morgan fingerprint density at radius 1 is 1.44 bits per heavy atom. The SMILES string of the molecule is CCCC1(c2cncc(OC(C)C)c2)CCCN1. The highest BCUT2D eigenvalue weighted by Crippen LogP contribution is 2.36. The molecule has 100 valence electrons. The lowest BCUT2D eigenvalue weighted by atomic mass is 9.85. The number of nitrogens with one attached hydrogen (secondary N) is 1. The summed E-state index contributed by atoms with van der Waals surface area (Å²) >= 11 is 0. The van der Waals surface area contributed by atoms with E-state index in [-0.39, 0.29) is 11.6 Å². The average molecular weight is 248 g/mol. The van der Waals surface area contributed by atoms with Crippen LogP contribution in [0.4, 0.5) is 0 Å². The zero-order chi connectivity index (χ0) is 13.0. The van der Waals surface area contributed by atoms with Crippen LogP contribution in [0.25, 0.3) is 0 Å². The maximum Gasteiger partial charge on any atom is 0.138 e. The summed E-state index contributed by atoms with van der Waals surface area (Å²) in [5.74, 6) is 0.881. The molecule has 3 heteroatoms. The molecule has 0 saturated carbocycles. The lowest BCUT2D eigenvalue weighted by molar-refractivity contribution is 0.240. The Bertz CT molecular complexity index is 384. The molecule has 1 N–H and O–H groups in total. The van der Waals surface area contributed by atoms with E-state index in [0.717, 1.165) is 12.3 Å². The summed E-state index contributed by atoms with van der Waals surface area (Å²) in [4.78, 5) is 4.34. The van der Waals surface area contributed by atoms with Crippen LogP contribution in [-0.2, 0) is 5.54 Å². The van der Waals surface area contributed by atoms with Gasteiger partial charge in [-0.2, -0.15) is 0 Å². The minimum Gasteiger partial charge on any atom is -0.489 e. The predicted octanol–water partition coefficient (Wildman–Crippen LogP) is 3.25. The van der Waals surface area contributed by atoms with Gasteiger partial charge >= 0.3 is 0 Å². The molecule has 1 aromatic heterocycles. The summed E-state index contributed by atoms with van der Waals surface area (Å²) in [5, 5.41) is 3.67. The highest BCUT2D eigenvalue weighted by molar-refractivity contribution is 5.30. The van der Waals surface area contributed by atoms with Gasteiger partial charge in [-0.1, -0.05) is 13.3 Å². The highest BCUT2D eigenvalue weighted by Gasteiger charge is 2.34. The normalized spacial score (nSPS) is 23.6. The van der Waals surface area contributed by atoms with Gasteiger partial charge in [-0.25, -0.2) is 0 Å². The van der Waals surface area contributed by atoms with Crippen molar-refractivity contribution in [3.05, 3.63) is 24.0 Å². The fraction of sp³-hybridized carbons (Fsp3) is 0.667. The first-order chi connectivity index (χ1) is 8.66. The van der Waals surface area contributed by atoms with Gasteiger partial charge in [0, 0.05) is 11.7 Å². The minimum atomic E-state index is 0.123. The van der Waals surface area contributed by atoms with Gasteiger partial charge in [-0.3, -0.25) is 4.98 Å². The molecular weight excluding hydrogens is 224 g/mol. The molecule has 1 aliphatic rings. The Morgan fingerprint density at radius 3 is 2.89 bits per heavy atom. The van der Waals surface area contributed by atoms with Gasteiger partial charge in [0.05, 0.1) is 12.3 Å². The molecule has 1 fully saturated rings. The van der Waals surface area contributed by atoms with Gasteiger partial charge in [-0.05, 0) is 51.3 Å². The summed E-state index contributed by atoms with van der Waals surface area (Å²) in [6, 6.07) is 2.15. The van der Waals surface area contributed by atoms with Crippen LogP contribution in [0, 0.1) is 0 Å². The van der Waals surface area contributed by atoms with E-state index in [9.17, 15) is 0 Å². The number of aromatic nitrogens is 1. The van der Waals surface area contributed by atoms with Crippen molar-refractivity contribution in [1.29, 1.82) is 0 Å². The van der Waals surface area contributed by atoms with Crippen molar-refractivity contribution in [1.82, 2.24) is 10.3 Å². The van der Waals surface area contributed by atoms with Crippen molar-refractivity contribution in [2.45, 2.75) is 58.1 Å². The first-order valence-electron chi connectivity index (χ1n) is 7.03. The summed E-state index contributed by atoms with van der Waals surface area (Å²) in [5.41, 5.74) is 1.40. The molecule has 1 atom stereocenters. The summed E-state index contributed by atoms with van der Waals surface area (Å²) < 4.78 is 5.75. The molecule has 0 aromatic carbocycles. The first kappa shape index (κ1) is 13.3. The van der Waals surface area contributed by atoms with Crippen molar-refractivity contribution in [3.8, 4) is 5.75 Å². The zero-order valence-corrected chi connectivity index (χ0v) is 11.7. The first-order valence-corrected chi connectivity index (χ1v) is 7.03. The van der Waals surface area contributed by atoms with Gasteiger partial charge in [-0.15, -0.1) is 0 Å². The Labute approximate surface area is 110 Å². The fourth-order valence-corrected chi connectivity index (χ4v) is 2.85. The van der Waals surface area contributed by atoms with Gasteiger partial charge < -0.3 is 10.1 Å². The second kappa shape index (κ2) is 5.70. The predicted molar refractivity (Wildman–Crippen MR) is 73.8 cm³/mol. The van der Waals surface area contributed by atoms with Crippen LogP contribution in [0.5, 0.6) is 5.75 Å². The molecule has 1 saturated heterocycles. The second-order valence-electron chi connectivity index (χ2n) is 5.44. The maximum atomic E-state index is 5.75. The van der Waals surface area contributed by atoms with Gasteiger partial charge in [0.15, 0.2) is 0 Å². The lowest BCUT2D eigenvalue weighted by Crippen LogP contribution is -2.36. The number of hydrogen-bond acceptors (Lipinski definition) is 3. The Kier molecular flexibility index (Phi) is 4.23. The van der Waals surface area contributed by atoms with E-state index in [1.54, 1.807) is 6.20 Å². The minimum absolute atomic E-state index is 0.123. The molecule has 1 aromatic rings. The standard InChI is InChI=1S/C15H24N2O/c1-4-6-15(7-5-8-17-15)13-9-14(11-16-10-13)18-12(2)3/h9-12,17H,4-8H2,1-3H3. The van der Waals surface area contributed by atoms with Crippen molar-refractivity contribution in [2.75, 3.05) is 6.54 Å². The summed E-state index contributed by atoms with van der Waals surface area (Å²) in [6.07, 6.45) is 8.78. The molecule has 18 heavy (non-hydrogen) atoms.